The SMILES string of the molecule is CC(=O)N1/C(=C\c2ccc3cc(CN(C(=O)OC(C)(C)C)C4CCCCO4)ccc3n2)C(=O)c2ccccc21. The Labute approximate surface area is 228 Å². The maximum atomic E-state index is 13.1. The number of amides is 2. The van der Waals surface area contributed by atoms with Crippen LogP contribution >= 0.6 is 0 Å². The molecule has 0 spiro atoms. The molecule has 5 rings (SSSR count). The monoisotopic (exact) mass is 527 g/mol. The summed E-state index contributed by atoms with van der Waals surface area (Å²) < 4.78 is 11.6. The van der Waals surface area contributed by atoms with Gasteiger partial charge in [0, 0.05) is 24.5 Å². The molecule has 0 N–H and O–H groups in total. The molecule has 2 aliphatic heterocycles. The van der Waals surface area contributed by atoms with Crippen LogP contribution in [-0.2, 0) is 20.8 Å². The maximum absolute atomic E-state index is 13.1. The first-order valence-electron chi connectivity index (χ1n) is 13.3. The van der Waals surface area contributed by atoms with Gasteiger partial charge in [-0.05, 0) is 82.0 Å². The summed E-state index contributed by atoms with van der Waals surface area (Å²) >= 11 is 0. The Morgan fingerprint density at radius 2 is 1.92 bits per heavy atom. The third-order valence-electron chi connectivity index (χ3n) is 6.72. The van der Waals surface area contributed by atoms with Gasteiger partial charge in [0.1, 0.15) is 11.8 Å². The van der Waals surface area contributed by atoms with Crippen molar-refractivity contribution in [1.82, 2.24) is 9.88 Å². The number of aromatic nitrogens is 1. The zero-order valence-electron chi connectivity index (χ0n) is 22.8. The number of Topliss-reactive ketones (excluding diaryl/α,β-unsaturated/α-hetero) is 1. The number of ketones is 1. The smallest absolute Gasteiger partial charge is 0.412 e. The number of carbonyl (C=O) groups is 3. The van der Waals surface area contributed by atoms with Crippen molar-refractivity contribution in [3.05, 3.63) is 77.1 Å². The number of nitrogens with zero attached hydrogens (tertiary/aromatic N) is 3. The van der Waals surface area contributed by atoms with Crippen LogP contribution in [0.4, 0.5) is 10.5 Å². The number of benzene rings is 2. The second-order valence-electron chi connectivity index (χ2n) is 10.9. The predicted molar refractivity (Wildman–Crippen MR) is 149 cm³/mol. The number of carbonyl (C=O) groups excluding carboxylic acids is 3. The molecule has 1 atom stereocenters. The molecule has 0 radical (unpaired) electrons. The van der Waals surface area contributed by atoms with Gasteiger partial charge in [0.05, 0.1) is 29.1 Å². The van der Waals surface area contributed by atoms with Gasteiger partial charge in [-0.15, -0.1) is 0 Å². The molecular weight excluding hydrogens is 494 g/mol. The van der Waals surface area contributed by atoms with Gasteiger partial charge < -0.3 is 9.47 Å². The van der Waals surface area contributed by atoms with Crippen molar-refractivity contribution in [2.75, 3.05) is 11.5 Å². The number of ether oxygens (including phenoxy) is 2. The summed E-state index contributed by atoms with van der Waals surface area (Å²) in [5.74, 6) is -0.438. The number of fused-ring (bicyclic) bond motifs is 2. The molecule has 2 amide bonds. The van der Waals surface area contributed by atoms with Crippen LogP contribution in [-0.4, -0.2) is 46.1 Å². The molecule has 2 aliphatic rings. The minimum atomic E-state index is -0.609. The van der Waals surface area contributed by atoms with Crippen LogP contribution in [0.15, 0.2) is 60.3 Å². The highest BCUT2D eigenvalue weighted by Crippen LogP contribution is 2.35. The fraction of sp³-hybridized carbons (Fsp3) is 0.355. The molecule has 202 valence electrons. The molecule has 0 saturated carbocycles. The van der Waals surface area contributed by atoms with Gasteiger partial charge >= 0.3 is 6.09 Å². The summed E-state index contributed by atoms with van der Waals surface area (Å²) in [5.41, 5.74) is 3.01. The van der Waals surface area contributed by atoms with Gasteiger partial charge in [0.25, 0.3) is 0 Å². The Hall–Kier alpha value is -4.04. The molecule has 1 unspecified atom stereocenters. The van der Waals surface area contributed by atoms with Crippen LogP contribution in [0.3, 0.4) is 0 Å². The van der Waals surface area contributed by atoms with Crippen LogP contribution in [0, 0.1) is 0 Å². The Kier molecular flexibility index (Phi) is 7.23. The maximum Gasteiger partial charge on any atom is 0.412 e. The molecular formula is C31H33N3O5. The largest absolute Gasteiger partial charge is 0.444 e. The number of pyridine rings is 1. The van der Waals surface area contributed by atoms with E-state index >= 15 is 0 Å². The first-order valence-corrected chi connectivity index (χ1v) is 13.3. The second-order valence-corrected chi connectivity index (χ2v) is 10.9. The molecule has 2 aromatic carbocycles. The molecule has 0 aliphatic carbocycles. The third kappa shape index (κ3) is 5.71. The van der Waals surface area contributed by atoms with E-state index in [1.54, 1.807) is 35.2 Å². The topological polar surface area (TPSA) is 89.0 Å². The molecule has 1 aromatic heterocycles. The molecule has 3 aromatic rings. The Morgan fingerprint density at radius 3 is 2.64 bits per heavy atom. The van der Waals surface area contributed by atoms with Crippen molar-refractivity contribution in [2.45, 2.75) is 65.3 Å². The zero-order valence-corrected chi connectivity index (χ0v) is 22.8. The van der Waals surface area contributed by atoms with Gasteiger partial charge in [0.15, 0.2) is 0 Å². The summed E-state index contributed by atoms with van der Waals surface area (Å²) in [4.78, 5) is 46.3. The third-order valence-corrected chi connectivity index (χ3v) is 6.72. The lowest BCUT2D eigenvalue weighted by atomic mass is 10.1. The molecule has 8 nitrogen and oxygen atoms in total. The summed E-state index contributed by atoms with van der Waals surface area (Å²) in [5, 5.41) is 0.896. The van der Waals surface area contributed by atoms with E-state index in [0.29, 0.717) is 30.1 Å². The first-order chi connectivity index (χ1) is 18.6. The van der Waals surface area contributed by atoms with E-state index in [2.05, 4.69) is 0 Å². The lowest BCUT2D eigenvalue weighted by Gasteiger charge is -2.35. The fourth-order valence-corrected chi connectivity index (χ4v) is 4.98. The van der Waals surface area contributed by atoms with Crippen LogP contribution in [0.5, 0.6) is 0 Å². The highest BCUT2D eigenvalue weighted by molar-refractivity contribution is 6.26. The number of anilines is 1. The number of hydrogen-bond donors (Lipinski definition) is 0. The van der Waals surface area contributed by atoms with Gasteiger partial charge in [-0.3, -0.25) is 19.4 Å². The van der Waals surface area contributed by atoms with Crippen molar-refractivity contribution in [3.8, 4) is 0 Å². The van der Waals surface area contributed by atoms with Crippen LogP contribution in [0.2, 0.25) is 0 Å². The molecule has 8 heteroatoms. The van der Waals surface area contributed by atoms with Crippen molar-refractivity contribution in [2.24, 2.45) is 0 Å². The van der Waals surface area contributed by atoms with Crippen molar-refractivity contribution in [1.29, 1.82) is 0 Å². The lowest BCUT2D eigenvalue weighted by Crippen LogP contribution is -2.45. The van der Waals surface area contributed by atoms with E-state index in [1.807, 2.05) is 51.1 Å². The molecule has 1 saturated heterocycles. The quantitative estimate of drug-likeness (QED) is 0.382. The number of para-hydroxylation sites is 1. The number of allylic oxidation sites excluding steroid dienone is 1. The van der Waals surface area contributed by atoms with E-state index < -0.39 is 11.7 Å². The number of hydrogen-bond acceptors (Lipinski definition) is 6. The summed E-state index contributed by atoms with van der Waals surface area (Å²) in [6, 6.07) is 16.7. The Morgan fingerprint density at radius 1 is 1.13 bits per heavy atom. The average molecular weight is 528 g/mol. The van der Waals surface area contributed by atoms with E-state index in [-0.39, 0.29) is 23.6 Å². The molecule has 39 heavy (non-hydrogen) atoms. The Bertz CT molecular complexity index is 1470. The van der Waals surface area contributed by atoms with Crippen LogP contribution < -0.4 is 4.90 Å². The fourth-order valence-electron chi connectivity index (χ4n) is 4.98. The van der Waals surface area contributed by atoms with Gasteiger partial charge in [-0.25, -0.2) is 9.78 Å². The normalized spacial score (nSPS) is 18.4. The minimum absolute atomic E-state index is 0.204. The predicted octanol–water partition coefficient (Wildman–Crippen LogP) is 6.09. The summed E-state index contributed by atoms with van der Waals surface area (Å²) in [6.07, 6.45) is 3.69. The summed E-state index contributed by atoms with van der Waals surface area (Å²) in [7, 11) is 0. The zero-order chi connectivity index (χ0) is 27.7. The van der Waals surface area contributed by atoms with Gasteiger partial charge in [-0.2, -0.15) is 0 Å². The highest BCUT2D eigenvalue weighted by atomic mass is 16.6. The van der Waals surface area contributed by atoms with E-state index in [1.165, 1.54) is 11.8 Å². The van der Waals surface area contributed by atoms with Crippen molar-refractivity contribution < 1.29 is 23.9 Å². The number of rotatable bonds is 4. The minimum Gasteiger partial charge on any atom is -0.444 e. The van der Waals surface area contributed by atoms with E-state index in [4.69, 9.17) is 14.5 Å². The van der Waals surface area contributed by atoms with Crippen molar-refractivity contribution >= 4 is 40.4 Å². The lowest BCUT2D eigenvalue weighted by molar-refractivity contribution is -0.116. The van der Waals surface area contributed by atoms with Gasteiger partial charge in [0.2, 0.25) is 11.7 Å². The van der Waals surface area contributed by atoms with Gasteiger partial charge in [-0.1, -0.05) is 24.3 Å². The summed E-state index contributed by atoms with van der Waals surface area (Å²) in [6.45, 7) is 7.98. The van der Waals surface area contributed by atoms with Crippen molar-refractivity contribution in [3.63, 3.8) is 0 Å². The highest BCUT2D eigenvalue weighted by Gasteiger charge is 2.34. The molecule has 0 bridgehead atoms. The standard InChI is InChI=1S/C31H33N3O5/c1-20(35)34-26-10-6-5-9-24(26)29(36)27(34)18-23-14-13-22-17-21(12-15-25(22)32-23)19-33(28-11-7-8-16-38-28)30(37)39-31(2,3)4/h5-6,9-10,12-15,17-18,28H,7-8,11,16,19H2,1-4H3/b27-18-. The average Bonchev–Trinajstić information content (AvgIpc) is 3.18. The first kappa shape index (κ1) is 26.6. The van der Waals surface area contributed by atoms with E-state index in [9.17, 15) is 14.4 Å². The van der Waals surface area contributed by atoms with E-state index in [0.717, 1.165) is 35.7 Å². The van der Waals surface area contributed by atoms with Crippen LogP contribution in [0.25, 0.3) is 17.0 Å². The second kappa shape index (κ2) is 10.6. The Balaban J connectivity index is 1.41. The molecule has 3 heterocycles. The van der Waals surface area contributed by atoms with Crippen LogP contribution in [0.1, 0.15) is 68.6 Å². The molecule has 1 fully saturated rings.